The molecule has 1 N–H and O–H groups in total. The summed E-state index contributed by atoms with van der Waals surface area (Å²) in [6.07, 6.45) is 0.853. The van der Waals surface area contributed by atoms with Crippen molar-refractivity contribution in [3.63, 3.8) is 0 Å². The van der Waals surface area contributed by atoms with E-state index in [1.54, 1.807) is 0 Å². The van der Waals surface area contributed by atoms with Gasteiger partial charge in [0.2, 0.25) is 0 Å². The Morgan fingerprint density at radius 3 is 3.00 bits per heavy atom. The van der Waals surface area contributed by atoms with Crippen LogP contribution in [0.25, 0.3) is 0 Å². The van der Waals surface area contributed by atoms with Crippen molar-refractivity contribution in [1.29, 1.82) is 0 Å². The van der Waals surface area contributed by atoms with Crippen LogP contribution in [0.4, 0.5) is 5.69 Å². The van der Waals surface area contributed by atoms with Gasteiger partial charge in [0.15, 0.2) is 0 Å². The van der Waals surface area contributed by atoms with Crippen molar-refractivity contribution in [1.82, 2.24) is 0 Å². The highest BCUT2D eigenvalue weighted by molar-refractivity contribution is 9.10. The zero-order valence-electron chi connectivity index (χ0n) is 8.91. The Hall–Kier alpha value is -0.540. The molecule has 0 fully saturated rings. The normalized spacial score (nSPS) is 19.4. The lowest BCUT2D eigenvalue weighted by molar-refractivity contribution is 0.277. The second-order valence-electron chi connectivity index (χ2n) is 3.92. The quantitative estimate of drug-likeness (QED) is 0.912. The molecule has 2 rings (SSSR count). The maximum atomic E-state index is 9.07. The third-order valence-electron chi connectivity index (χ3n) is 3.08. The molecule has 0 saturated heterocycles. The summed E-state index contributed by atoms with van der Waals surface area (Å²) in [5.41, 5.74) is 2.69. The van der Waals surface area contributed by atoms with Crippen molar-refractivity contribution in [2.75, 3.05) is 24.6 Å². The molecule has 0 aliphatic carbocycles. The third-order valence-corrected chi connectivity index (χ3v) is 3.77. The van der Waals surface area contributed by atoms with Crippen molar-refractivity contribution in [3.05, 3.63) is 28.2 Å². The van der Waals surface area contributed by atoms with E-state index in [-0.39, 0.29) is 6.61 Å². The number of rotatable bonds is 3. The lowest BCUT2D eigenvalue weighted by Gasteiger charge is -2.16. The number of hydrogen-bond donors (Lipinski definition) is 1. The minimum atomic E-state index is 0.267. The monoisotopic (exact) mass is 269 g/mol. The molecule has 1 aromatic carbocycles. The summed E-state index contributed by atoms with van der Waals surface area (Å²) in [5.74, 6) is 0.473. The van der Waals surface area contributed by atoms with Gasteiger partial charge in [-0.1, -0.05) is 22.0 Å². The molecule has 82 valence electrons. The van der Waals surface area contributed by atoms with Crippen LogP contribution in [0.5, 0.6) is 0 Å². The van der Waals surface area contributed by atoms with Gasteiger partial charge in [0, 0.05) is 35.8 Å². The van der Waals surface area contributed by atoms with E-state index < -0.39 is 0 Å². The average Bonchev–Trinajstić information content (AvgIpc) is 2.59. The van der Waals surface area contributed by atoms with Gasteiger partial charge in [0.1, 0.15) is 0 Å². The maximum Gasteiger partial charge on any atom is 0.0437 e. The molecular weight excluding hydrogens is 254 g/mol. The molecule has 2 nitrogen and oxygen atoms in total. The number of nitrogens with zero attached hydrogens (tertiary/aromatic N) is 1. The predicted octanol–water partition coefficient (Wildman–Crippen LogP) is 2.76. The lowest BCUT2D eigenvalue weighted by atomic mass is 9.98. The summed E-state index contributed by atoms with van der Waals surface area (Å²) in [7, 11) is 0. The smallest absolute Gasteiger partial charge is 0.0437 e. The molecule has 0 spiro atoms. The third kappa shape index (κ3) is 1.91. The average molecular weight is 270 g/mol. The van der Waals surface area contributed by atoms with Crippen LogP contribution in [0.1, 0.15) is 24.8 Å². The Morgan fingerprint density at radius 2 is 2.33 bits per heavy atom. The molecule has 1 heterocycles. The van der Waals surface area contributed by atoms with Crippen LogP contribution < -0.4 is 4.90 Å². The topological polar surface area (TPSA) is 23.5 Å². The van der Waals surface area contributed by atoms with Crippen LogP contribution in [0.3, 0.4) is 0 Å². The molecule has 0 aromatic heterocycles. The number of fused-ring (bicyclic) bond motifs is 1. The first-order valence-corrected chi connectivity index (χ1v) is 6.21. The lowest BCUT2D eigenvalue weighted by Crippen LogP contribution is -2.21. The van der Waals surface area contributed by atoms with E-state index in [4.69, 9.17) is 5.11 Å². The summed E-state index contributed by atoms with van der Waals surface area (Å²) in [5, 5.41) is 9.07. The van der Waals surface area contributed by atoms with E-state index in [1.807, 2.05) is 0 Å². The Bertz CT molecular complexity index is 353. The fraction of sp³-hybridized carbons (Fsp3) is 0.500. The number of aliphatic hydroxyl groups is 1. The molecule has 15 heavy (non-hydrogen) atoms. The standard InChI is InChI=1S/C12H16BrNO/c1-2-14-8-9(6-7-15)12-10(13)4-3-5-11(12)14/h3-5,9,15H,2,6-8H2,1H3. The Morgan fingerprint density at radius 1 is 1.53 bits per heavy atom. The van der Waals surface area contributed by atoms with Crippen LogP contribution in [0, 0.1) is 0 Å². The molecule has 1 atom stereocenters. The molecule has 0 saturated carbocycles. The van der Waals surface area contributed by atoms with Crippen molar-refractivity contribution in [3.8, 4) is 0 Å². The van der Waals surface area contributed by atoms with Gasteiger partial charge in [-0.15, -0.1) is 0 Å². The van der Waals surface area contributed by atoms with Gasteiger partial charge in [-0.25, -0.2) is 0 Å². The first kappa shape index (κ1) is 11.0. The van der Waals surface area contributed by atoms with Crippen LogP contribution >= 0.6 is 15.9 Å². The first-order valence-electron chi connectivity index (χ1n) is 5.42. The van der Waals surface area contributed by atoms with E-state index >= 15 is 0 Å². The molecular formula is C12H16BrNO. The summed E-state index contributed by atoms with van der Waals surface area (Å²) >= 11 is 3.61. The summed E-state index contributed by atoms with van der Waals surface area (Å²) < 4.78 is 1.18. The molecule has 0 amide bonds. The minimum Gasteiger partial charge on any atom is -0.396 e. The highest BCUT2D eigenvalue weighted by Gasteiger charge is 2.28. The molecule has 0 radical (unpaired) electrons. The second-order valence-corrected chi connectivity index (χ2v) is 4.77. The SMILES string of the molecule is CCN1CC(CCO)c2c(Br)cccc21. The second kappa shape index (κ2) is 4.54. The highest BCUT2D eigenvalue weighted by atomic mass is 79.9. The van der Waals surface area contributed by atoms with Crippen LogP contribution in [-0.4, -0.2) is 24.8 Å². The van der Waals surface area contributed by atoms with Gasteiger partial charge in [-0.3, -0.25) is 0 Å². The van der Waals surface area contributed by atoms with Crippen molar-refractivity contribution >= 4 is 21.6 Å². The predicted molar refractivity (Wildman–Crippen MR) is 66.5 cm³/mol. The van der Waals surface area contributed by atoms with Gasteiger partial charge < -0.3 is 10.0 Å². The molecule has 1 aromatic rings. The van der Waals surface area contributed by atoms with E-state index in [9.17, 15) is 0 Å². The van der Waals surface area contributed by atoms with E-state index in [2.05, 4.69) is 46.0 Å². The maximum absolute atomic E-state index is 9.07. The van der Waals surface area contributed by atoms with Crippen molar-refractivity contribution < 1.29 is 5.11 Å². The Kier molecular flexibility index (Phi) is 3.32. The number of aliphatic hydroxyl groups excluding tert-OH is 1. The zero-order valence-corrected chi connectivity index (χ0v) is 10.5. The molecule has 1 aliphatic heterocycles. The summed E-state index contributed by atoms with van der Waals surface area (Å²) in [4.78, 5) is 2.38. The number of likely N-dealkylation sites (N-methyl/N-ethyl adjacent to an activating group) is 1. The number of anilines is 1. The fourth-order valence-electron chi connectivity index (χ4n) is 2.35. The highest BCUT2D eigenvalue weighted by Crippen LogP contribution is 2.41. The van der Waals surface area contributed by atoms with Gasteiger partial charge >= 0.3 is 0 Å². The summed E-state index contributed by atoms with van der Waals surface area (Å²) in [6, 6.07) is 6.33. The Labute approximate surface area is 99.0 Å². The van der Waals surface area contributed by atoms with Crippen LogP contribution in [0.2, 0.25) is 0 Å². The molecule has 1 aliphatic rings. The first-order chi connectivity index (χ1) is 7.27. The summed E-state index contributed by atoms with van der Waals surface area (Å²) in [6.45, 7) is 4.51. The van der Waals surface area contributed by atoms with E-state index in [0.29, 0.717) is 5.92 Å². The number of halogens is 1. The zero-order chi connectivity index (χ0) is 10.8. The largest absolute Gasteiger partial charge is 0.396 e. The minimum absolute atomic E-state index is 0.267. The van der Waals surface area contributed by atoms with Gasteiger partial charge in [-0.2, -0.15) is 0 Å². The number of benzene rings is 1. The van der Waals surface area contributed by atoms with Crippen molar-refractivity contribution in [2.45, 2.75) is 19.3 Å². The van der Waals surface area contributed by atoms with Gasteiger partial charge in [-0.05, 0) is 31.0 Å². The Balaban J connectivity index is 2.39. The van der Waals surface area contributed by atoms with Crippen molar-refractivity contribution in [2.24, 2.45) is 0 Å². The molecule has 0 bridgehead atoms. The van der Waals surface area contributed by atoms with Gasteiger partial charge in [0.25, 0.3) is 0 Å². The van der Waals surface area contributed by atoms with Crippen LogP contribution in [-0.2, 0) is 0 Å². The van der Waals surface area contributed by atoms with Crippen LogP contribution in [0.15, 0.2) is 22.7 Å². The van der Waals surface area contributed by atoms with E-state index in [1.165, 1.54) is 15.7 Å². The fourth-order valence-corrected chi connectivity index (χ4v) is 3.03. The van der Waals surface area contributed by atoms with E-state index in [0.717, 1.165) is 19.5 Å². The number of hydrogen-bond acceptors (Lipinski definition) is 2. The van der Waals surface area contributed by atoms with Gasteiger partial charge in [0.05, 0.1) is 0 Å². The molecule has 1 unspecified atom stereocenters. The molecule has 3 heteroatoms.